The number of hydrogen-bond donors (Lipinski definition) is 1. The monoisotopic (exact) mass is 479 g/mol. The number of unbranched alkanes of at least 4 members (excludes halogenated alkanes) is 1. The van der Waals surface area contributed by atoms with Crippen molar-refractivity contribution in [1.29, 1.82) is 0 Å². The fraction of sp³-hybridized carbons (Fsp3) is 0.407. The lowest BCUT2D eigenvalue weighted by atomic mass is 10.0. The first kappa shape index (κ1) is 24.2. The number of carbonyl (C=O) groups excluding carboxylic acids is 1. The number of piperazine rings is 1. The van der Waals surface area contributed by atoms with Gasteiger partial charge < -0.3 is 14.7 Å². The quantitative estimate of drug-likeness (QED) is 0.333. The number of allylic oxidation sites excluding steroid dienone is 2. The van der Waals surface area contributed by atoms with Gasteiger partial charge in [-0.15, -0.1) is 0 Å². The summed E-state index contributed by atoms with van der Waals surface area (Å²) in [5.74, 6) is 1.97. The zero-order chi connectivity index (χ0) is 24.1. The SMILES string of the molecule is CC(=O)/C=C(/C)c1ccc(OCCCCN2CCN(c3nsc4ccccc34)CC2)c(C)c1O. The predicted octanol–water partition coefficient (Wildman–Crippen LogP) is 5.28. The molecule has 3 aromatic rings. The van der Waals surface area contributed by atoms with Crippen molar-refractivity contribution in [2.75, 3.05) is 44.2 Å². The number of nitrogens with zero attached hydrogens (tertiary/aromatic N) is 3. The highest BCUT2D eigenvalue weighted by molar-refractivity contribution is 7.13. The van der Waals surface area contributed by atoms with Gasteiger partial charge in [0.2, 0.25) is 0 Å². The lowest BCUT2D eigenvalue weighted by Gasteiger charge is -2.35. The first-order chi connectivity index (χ1) is 16.4. The first-order valence-corrected chi connectivity index (χ1v) is 12.7. The number of ether oxygens (including phenoxy) is 1. The zero-order valence-electron chi connectivity index (χ0n) is 20.2. The minimum atomic E-state index is -0.0343. The van der Waals surface area contributed by atoms with E-state index >= 15 is 0 Å². The third-order valence-corrected chi connectivity index (χ3v) is 7.20. The van der Waals surface area contributed by atoms with Gasteiger partial charge in [-0.3, -0.25) is 9.69 Å². The van der Waals surface area contributed by atoms with Crippen LogP contribution in [0.25, 0.3) is 15.7 Å². The van der Waals surface area contributed by atoms with Gasteiger partial charge in [0.25, 0.3) is 0 Å². The van der Waals surface area contributed by atoms with Gasteiger partial charge in [0.15, 0.2) is 5.78 Å². The topological polar surface area (TPSA) is 65.9 Å². The van der Waals surface area contributed by atoms with Crippen molar-refractivity contribution in [3.05, 3.63) is 53.6 Å². The molecule has 0 radical (unpaired) electrons. The largest absolute Gasteiger partial charge is 0.507 e. The molecule has 2 heterocycles. The van der Waals surface area contributed by atoms with Crippen molar-refractivity contribution in [2.45, 2.75) is 33.6 Å². The van der Waals surface area contributed by atoms with Gasteiger partial charge in [0.05, 0.1) is 11.3 Å². The van der Waals surface area contributed by atoms with Crippen LogP contribution in [0.5, 0.6) is 11.5 Å². The standard InChI is InChI=1S/C27H33N3O3S/c1-19(18-20(2)31)22-10-11-24(21(3)26(22)32)33-17-7-6-12-29-13-15-30(16-14-29)27-23-8-4-5-9-25(23)34-28-27/h4-5,8-11,18,32H,6-7,12-17H2,1-3H3/b19-18-. The Morgan fingerprint density at radius 1 is 1.12 bits per heavy atom. The van der Waals surface area contributed by atoms with Crippen LogP contribution in [-0.4, -0.2) is 59.5 Å². The van der Waals surface area contributed by atoms with Gasteiger partial charge in [0, 0.05) is 42.7 Å². The number of fused-ring (bicyclic) bond motifs is 1. The Bertz CT molecular complexity index is 1180. The highest BCUT2D eigenvalue weighted by Gasteiger charge is 2.20. The Labute approximate surface area is 205 Å². The maximum atomic E-state index is 11.3. The molecule has 1 fully saturated rings. The lowest BCUT2D eigenvalue weighted by Crippen LogP contribution is -2.46. The van der Waals surface area contributed by atoms with Crippen LogP contribution >= 0.6 is 11.5 Å². The first-order valence-electron chi connectivity index (χ1n) is 11.9. The van der Waals surface area contributed by atoms with Crippen LogP contribution in [0.3, 0.4) is 0 Å². The molecule has 1 aromatic heterocycles. The molecule has 0 unspecified atom stereocenters. The number of benzene rings is 2. The fourth-order valence-corrected chi connectivity index (χ4v) is 5.24. The second kappa shape index (κ2) is 11.0. The summed E-state index contributed by atoms with van der Waals surface area (Å²) in [5, 5.41) is 11.8. The highest BCUT2D eigenvalue weighted by Crippen LogP contribution is 2.34. The Balaban J connectivity index is 1.20. The zero-order valence-corrected chi connectivity index (χ0v) is 21.0. The Morgan fingerprint density at radius 2 is 1.88 bits per heavy atom. The molecule has 0 saturated carbocycles. The molecule has 0 amide bonds. The van der Waals surface area contributed by atoms with Gasteiger partial charge in [-0.05, 0) is 87.6 Å². The normalized spacial score (nSPS) is 15.1. The van der Waals surface area contributed by atoms with E-state index in [4.69, 9.17) is 9.11 Å². The number of hydrogen-bond acceptors (Lipinski definition) is 7. The molecule has 180 valence electrons. The summed E-state index contributed by atoms with van der Waals surface area (Å²) >= 11 is 1.58. The average Bonchev–Trinajstić information content (AvgIpc) is 3.25. The number of anilines is 1. The highest BCUT2D eigenvalue weighted by atomic mass is 32.1. The van der Waals surface area contributed by atoms with Crippen molar-refractivity contribution in [2.24, 2.45) is 0 Å². The van der Waals surface area contributed by atoms with Crippen molar-refractivity contribution >= 4 is 38.8 Å². The lowest BCUT2D eigenvalue weighted by molar-refractivity contribution is -0.112. The van der Waals surface area contributed by atoms with E-state index in [9.17, 15) is 9.90 Å². The minimum Gasteiger partial charge on any atom is -0.507 e. The Morgan fingerprint density at radius 3 is 2.65 bits per heavy atom. The second-order valence-electron chi connectivity index (χ2n) is 8.91. The van der Waals surface area contributed by atoms with Crippen LogP contribution in [0.15, 0.2) is 42.5 Å². The van der Waals surface area contributed by atoms with Crippen molar-refractivity contribution in [1.82, 2.24) is 9.27 Å². The average molecular weight is 480 g/mol. The van der Waals surface area contributed by atoms with E-state index in [2.05, 4.69) is 34.1 Å². The third kappa shape index (κ3) is 5.59. The molecule has 34 heavy (non-hydrogen) atoms. The van der Waals surface area contributed by atoms with Crippen LogP contribution in [0.1, 0.15) is 37.8 Å². The molecule has 6 nitrogen and oxygen atoms in total. The maximum Gasteiger partial charge on any atom is 0.152 e. The van der Waals surface area contributed by atoms with E-state index in [1.807, 2.05) is 26.0 Å². The molecule has 7 heteroatoms. The van der Waals surface area contributed by atoms with Crippen molar-refractivity contribution in [3.63, 3.8) is 0 Å². The molecule has 1 saturated heterocycles. The third-order valence-electron chi connectivity index (χ3n) is 6.38. The van der Waals surface area contributed by atoms with E-state index in [0.717, 1.165) is 57.0 Å². The molecule has 0 atom stereocenters. The molecular weight excluding hydrogens is 446 g/mol. The second-order valence-corrected chi connectivity index (χ2v) is 9.71. The Kier molecular flexibility index (Phi) is 7.85. The summed E-state index contributed by atoms with van der Waals surface area (Å²) in [7, 11) is 0. The van der Waals surface area contributed by atoms with E-state index < -0.39 is 0 Å². The van der Waals surface area contributed by atoms with E-state index in [1.165, 1.54) is 23.1 Å². The van der Waals surface area contributed by atoms with Gasteiger partial charge >= 0.3 is 0 Å². The minimum absolute atomic E-state index is 0.0343. The van der Waals surface area contributed by atoms with Crippen LogP contribution < -0.4 is 9.64 Å². The number of aromatic nitrogens is 1. The smallest absolute Gasteiger partial charge is 0.152 e. The molecule has 4 rings (SSSR count). The van der Waals surface area contributed by atoms with E-state index in [-0.39, 0.29) is 11.5 Å². The number of carbonyl (C=O) groups is 1. The molecule has 1 aliphatic heterocycles. The number of aromatic hydroxyl groups is 1. The molecule has 1 N–H and O–H groups in total. The van der Waals surface area contributed by atoms with Crippen LogP contribution in [0.2, 0.25) is 0 Å². The summed E-state index contributed by atoms with van der Waals surface area (Å²) in [6, 6.07) is 12.2. The van der Waals surface area contributed by atoms with Crippen LogP contribution in [0, 0.1) is 6.92 Å². The number of rotatable bonds is 9. The summed E-state index contributed by atoms with van der Waals surface area (Å²) in [4.78, 5) is 16.3. The maximum absolute atomic E-state index is 11.3. The number of phenolic OH excluding ortho intramolecular Hbond substituents is 1. The number of ketones is 1. The van der Waals surface area contributed by atoms with Crippen LogP contribution in [0.4, 0.5) is 5.82 Å². The van der Waals surface area contributed by atoms with E-state index in [0.29, 0.717) is 23.5 Å². The molecule has 0 aliphatic carbocycles. The van der Waals surface area contributed by atoms with Crippen LogP contribution in [-0.2, 0) is 4.79 Å². The van der Waals surface area contributed by atoms with E-state index in [1.54, 1.807) is 11.5 Å². The van der Waals surface area contributed by atoms with Gasteiger partial charge in [-0.1, -0.05) is 12.1 Å². The summed E-state index contributed by atoms with van der Waals surface area (Å²) in [5.41, 5.74) is 2.13. The van der Waals surface area contributed by atoms with Gasteiger partial charge in [-0.25, -0.2) is 0 Å². The van der Waals surface area contributed by atoms with Crippen molar-refractivity contribution < 1.29 is 14.6 Å². The number of phenols is 1. The molecular formula is C27H33N3O3S. The summed E-state index contributed by atoms with van der Waals surface area (Å²) in [6.07, 6.45) is 3.57. The Hall–Kier alpha value is -2.90. The summed E-state index contributed by atoms with van der Waals surface area (Å²) < 4.78 is 11.9. The molecule has 2 aromatic carbocycles. The van der Waals surface area contributed by atoms with Gasteiger partial charge in [-0.2, -0.15) is 4.37 Å². The fourth-order valence-electron chi connectivity index (χ4n) is 4.44. The molecule has 0 spiro atoms. The molecule has 0 bridgehead atoms. The van der Waals surface area contributed by atoms with Crippen molar-refractivity contribution in [3.8, 4) is 11.5 Å². The summed E-state index contributed by atoms with van der Waals surface area (Å²) in [6.45, 7) is 11.0. The van der Waals surface area contributed by atoms with Gasteiger partial charge in [0.1, 0.15) is 17.3 Å². The predicted molar refractivity (Wildman–Crippen MR) is 140 cm³/mol. The molecule has 1 aliphatic rings.